The summed E-state index contributed by atoms with van der Waals surface area (Å²) in [7, 11) is 0. The molecule has 0 aliphatic heterocycles. The van der Waals surface area contributed by atoms with Gasteiger partial charge in [0.2, 0.25) is 0 Å². The van der Waals surface area contributed by atoms with Gasteiger partial charge in [0.25, 0.3) is 0 Å². The molecule has 2 aromatic rings. The Balaban J connectivity index is 2.46. The van der Waals surface area contributed by atoms with Crippen molar-refractivity contribution in [3.05, 3.63) is 49.2 Å². The molecule has 0 saturated heterocycles. The molecule has 0 aliphatic rings. The number of carbonyl (C=O) groups is 2. The number of ether oxygens (including phenoxy) is 1. The Bertz CT molecular complexity index is 862. The molecule has 0 amide bonds. The van der Waals surface area contributed by atoms with E-state index >= 15 is 0 Å². The van der Waals surface area contributed by atoms with Crippen molar-refractivity contribution in [3.8, 4) is 0 Å². The molecule has 5 nitrogen and oxygen atoms in total. The van der Waals surface area contributed by atoms with E-state index in [-0.39, 0.29) is 5.56 Å². The smallest absolute Gasteiger partial charge is 0.335 e. The quantitative estimate of drug-likeness (QED) is 0.656. The zero-order chi connectivity index (χ0) is 16.1. The summed E-state index contributed by atoms with van der Waals surface area (Å²) >= 11 is 6.43. The van der Waals surface area contributed by atoms with Crippen LogP contribution < -0.4 is 9.88 Å². The average molecular weight is 335 g/mol. The van der Waals surface area contributed by atoms with Crippen LogP contribution in [0.15, 0.2) is 24.3 Å². The Morgan fingerprint density at radius 1 is 1.36 bits per heavy atom. The summed E-state index contributed by atoms with van der Waals surface area (Å²) in [6.07, 6.45) is 3.18. The number of benzene rings is 1. The first-order valence-corrected chi connectivity index (χ1v) is 7.64. The fraction of sp³-hybridized carbons (Fsp3) is 0.133. The molecule has 0 aliphatic carbocycles. The maximum Gasteiger partial charge on any atom is 0.335 e. The molecule has 0 atom stereocenters. The summed E-state index contributed by atoms with van der Waals surface area (Å²) in [5, 5.41) is 9.46. The van der Waals surface area contributed by atoms with Crippen LogP contribution in [-0.2, 0) is 9.53 Å². The Hall–Kier alpha value is -2.25. The van der Waals surface area contributed by atoms with Gasteiger partial charge in [-0.05, 0) is 42.9 Å². The molecule has 1 aromatic carbocycles. The van der Waals surface area contributed by atoms with Crippen LogP contribution in [0.25, 0.3) is 12.2 Å². The summed E-state index contributed by atoms with van der Waals surface area (Å²) in [5.74, 6) is -1.41. The van der Waals surface area contributed by atoms with Crippen LogP contribution in [0.3, 0.4) is 0 Å². The largest absolute Gasteiger partial charge is 0.478 e. The molecule has 0 unspecified atom stereocenters. The Kier molecular flexibility index (Phi) is 5.24. The van der Waals surface area contributed by atoms with Gasteiger partial charge in [0.15, 0.2) is 3.95 Å². The van der Waals surface area contributed by atoms with Gasteiger partial charge in [0.05, 0.1) is 22.1 Å². The fourth-order valence-corrected chi connectivity index (χ4v) is 2.90. The maximum absolute atomic E-state index is 11.5. The number of hydrogen-bond donors (Lipinski definition) is 2. The Morgan fingerprint density at radius 2 is 2.05 bits per heavy atom. The summed E-state index contributed by atoms with van der Waals surface area (Å²) in [6, 6.07) is 6.43. The number of hydrogen-bond acceptors (Lipinski definition) is 5. The molecule has 22 heavy (non-hydrogen) atoms. The van der Waals surface area contributed by atoms with Crippen molar-refractivity contribution >= 4 is 47.6 Å². The van der Waals surface area contributed by atoms with Gasteiger partial charge in [0.1, 0.15) is 0 Å². The van der Waals surface area contributed by atoms with E-state index in [0.717, 1.165) is 10.1 Å². The second kappa shape index (κ2) is 7.15. The van der Waals surface area contributed by atoms with Gasteiger partial charge < -0.3 is 14.8 Å². The van der Waals surface area contributed by atoms with Gasteiger partial charge >= 0.3 is 11.9 Å². The van der Waals surface area contributed by atoms with Crippen LogP contribution in [-0.4, -0.2) is 28.6 Å². The van der Waals surface area contributed by atoms with Crippen LogP contribution in [0.5, 0.6) is 0 Å². The molecule has 0 radical (unpaired) electrons. The van der Waals surface area contributed by atoms with E-state index < -0.39 is 11.9 Å². The van der Waals surface area contributed by atoms with Crippen LogP contribution in [0.2, 0.25) is 0 Å². The van der Waals surface area contributed by atoms with Gasteiger partial charge in [0, 0.05) is 6.08 Å². The number of esters is 1. The highest BCUT2D eigenvalue weighted by Crippen LogP contribution is 2.05. The Labute approximate surface area is 135 Å². The van der Waals surface area contributed by atoms with E-state index in [4.69, 9.17) is 22.1 Å². The number of rotatable bonds is 4. The molecular weight excluding hydrogens is 322 g/mol. The molecule has 2 rings (SSSR count). The number of aromatic amines is 1. The zero-order valence-corrected chi connectivity index (χ0v) is 13.3. The molecule has 0 saturated carbocycles. The standard InChI is InChI=1S/C15H13NO4S2/c1-2-20-13(17)8-11-12(22-15(21)16-11)7-9-3-5-10(6-4-9)14(18)19/h3-8H,2H2,1H3,(H,16,21)(H,18,19)/b11-8-,12-7-. The summed E-state index contributed by atoms with van der Waals surface area (Å²) in [6.45, 7) is 2.04. The molecule has 1 aromatic heterocycles. The number of nitrogens with one attached hydrogen (secondary N) is 1. The van der Waals surface area contributed by atoms with Crippen molar-refractivity contribution in [3.63, 3.8) is 0 Å². The van der Waals surface area contributed by atoms with Crippen molar-refractivity contribution in [1.82, 2.24) is 4.98 Å². The number of aromatic nitrogens is 1. The van der Waals surface area contributed by atoms with Crippen molar-refractivity contribution < 1.29 is 19.4 Å². The van der Waals surface area contributed by atoms with Crippen molar-refractivity contribution in [2.75, 3.05) is 6.61 Å². The molecular formula is C15H13NO4S2. The van der Waals surface area contributed by atoms with E-state index in [0.29, 0.717) is 15.9 Å². The van der Waals surface area contributed by atoms with Crippen LogP contribution in [0.4, 0.5) is 0 Å². The third-order valence-electron chi connectivity index (χ3n) is 2.71. The molecule has 0 spiro atoms. The topological polar surface area (TPSA) is 79.4 Å². The monoisotopic (exact) mass is 335 g/mol. The third kappa shape index (κ3) is 4.12. The molecule has 0 fully saturated rings. The van der Waals surface area contributed by atoms with Crippen LogP contribution in [0.1, 0.15) is 22.8 Å². The number of carbonyl (C=O) groups excluding carboxylic acids is 1. The van der Waals surface area contributed by atoms with E-state index in [9.17, 15) is 9.59 Å². The predicted octanol–water partition coefficient (Wildman–Crippen LogP) is 1.68. The molecule has 0 bridgehead atoms. The minimum absolute atomic E-state index is 0.220. The van der Waals surface area contributed by atoms with Crippen LogP contribution in [0, 0.1) is 3.95 Å². The second-order valence-corrected chi connectivity index (χ2v) is 5.98. The first-order chi connectivity index (χ1) is 10.5. The second-order valence-electron chi connectivity index (χ2n) is 4.26. The minimum Gasteiger partial charge on any atom is -0.478 e. The lowest BCUT2D eigenvalue weighted by molar-refractivity contribution is -0.135. The molecule has 2 N–H and O–H groups in total. The number of H-pyrrole nitrogens is 1. The summed E-state index contributed by atoms with van der Waals surface area (Å²) < 4.78 is 6.20. The van der Waals surface area contributed by atoms with Gasteiger partial charge in [-0.25, -0.2) is 9.59 Å². The van der Waals surface area contributed by atoms with Crippen LogP contribution >= 0.6 is 23.6 Å². The SMILES string of the molecule is CCOC(=O)/C=c1\[nH]c(=S)s\c1=C/c1ccc(C(=O)O)cc1. The van der Waals surface area contributed by atoms with Crippen molar-refractivity contribution in [1.29, 1.82) is 0 Å². The highest BCUT2D eigenvalue weighted by molar-refractivity contribution is 7.73. The molecule has 114 valence electrons. The number of carboxylic acids is 1. The van der Waals surface area contributed by atoms with Gasteiger partial charge in [-0.2, -0.15) is 0 Å². The first-order valence-electron chi connectivity index (χ1n) is 6.42. The first kappa shape index (κ1) is 16.1. The number of aromatic carboxylic acids is 1. The summed E-state index contributed by atoms with van der Waals surface area (Å²) in [5.41, 5.74) is 1.03. The maximum atomic E-state index is 11.5. The van der Waals surface area contributed by atoms with E-state index in [1.165, 1.54) is 29.5 Å². The molecule has 7 heteroatoms. The Morgan fingerprint density at radius 3 is 2.64 bits per heavy atom. The lowest BCUT2D eigenvalue weighted by Crippen LogP contribution is -2.23. The lowest BCUT2D eigenvalue weighted by atomic mass is 10.1. The highest BCUT2D eigenvalue weighted by atomic mass is 32.1. The van der Waals surface area contributed by atoms with Crippen molar-refractivity contribution in [2.24, 2.45) is 0 Å². The fourth-order valence-electron chi connectivity index (χ4n) is 1.74. The van der Waals surface area contributed by atoms with E-state index in [1.807, 2.05) is 6.08 Å². The van der Waals surface area contributed by atoms with Gasteiger partial charge in [-0.3, -0.25) is 0 Å². The number of carboxylic acid groups (broad SMARTS) is 1. The highest BCUT2D eigenvalue weighted by Gasteiger charge is 2.01. The lowest BCUT2D eigenvalue weighted by Gasteiger charge is -1.95. The molecule has 1 heterocycles. The summed E-state index contributed by atoms with van der Waals surface area (Å²) in [4.78, 5) is 25.3. The van der Waals surface area contributed by atoms with Gasteiger partial charge in [-0.1, -0.05) is 12.1 Å². The predicted molar refractivity (Wildman–Crippen MR) is 86.8 cm³/mol. The minimum atomic E-state index is -0.972. The van der Waals surface area contributed by atoms with Crippen molar-refractivity contribution in [2.45, 2.75) is 6.92 Å². The normalized spacial score (nSPS) is 12.4. The number of thiazole rings is 1. The van der Waals surface area contributed by atoms with E-state index in [1.54, 1.807) is 19.1 Å². The third-order valence-corrected chi connectivity index (χ3v) is 3.91. The van der Waals surface area contributed by atoms with Gasteiger partial charge in [-0.15, -0.1) is 11.3 Å². The average Bonchev–Trinajstić information content (AvgIpc) is 2.79. The zero-order valence-electron chi connectivity index (χ0n) is 11.7. The van der Waals surface area contributed by atoms with E-state index in [2.05, 4.69) is 4.98 Å².